The Balaban J connectivity index is 1.51. The van der Waals surface area contributed by atoms with Crippen LogP contribution in [0.3, 0.4) is 0 Å². The van der Waals surface area contributed by atoms with E-state index in [1.165, 1.54) is 0 Å². The zero-order valence-corrected chi connectivity index (χ0v) is 20.0. The Morgan fingerprint density at radius 3 is 2.76 bits per heavy atom. The highest BCUT2D eigenvalue weighted by atomic mass is 16.5. The Labute approximate surface area is 195 Å². The zero-order valence-electron chi connectivity index (χ0n) is 20.0. The third kappa shape index (κ3) is 5.16. The number of piperidine rings is 1. The van der Waals surface area contributed by atoms with Crippen molar-refractivity contribution in [2.45, 2.75) is 53.1 Å². The lowest BCUT2D eigenvalue weighted by atomic mass is 9.97. The SMILES string of the molecule is Cc1nnc(N2CCCC(C(=O)NCCCOC(C)C)C2)c2nn(-c3ccccc3)c(C)c12. The number of ether oxygens (including phenoxy) is 1. The standard InChI is InChI=1S/C25H34N6O2/c1-17(2)33-15-9-13-26-25(32)20-10-8-14-30(16-20)24-23-22(18(3)27-28-24)19(4)31(29-23)21-11-6-5-7-12-21/h5-7,11-12,17,20H,8-10,13-16H2,1-4H3,(H,26,32). The number of nitrogens with zero attached hydrogens (tertiary/aromatic N) is 5. The van der Waals surface area contributed by atoms with Crippen LogP contribution in [0.25, 0.3) is 16.6 Å². The first-order valence-corrected chi connectivity index (χ1v) is 11.9. The molecule has 0 bridgehead atoms. The van der Waals surface area contributed by atoms with Gasteiger partial charge >= 0.3 is 0 Å². The second-order valence-corrected chi connectivity index (χ2v) is 9.01. The first-order chi connectivity index (χ1) is 16.0. The molecule has 0 spiro atoms. The number of rotatable bonds is 8. The number of amides is 1. The number of nitrogens with one attached hydrogen (secondary N) is 1. The summed E-state index contributed by atoms with van der Waals surface area (Å²) < 4.78 is 7.51. The number of hydrogen-bond acceptors (Lipinski definition) is 6. The van der Waals surface area contributed by atoms with E-state index in [0.717, 1.165) is 59.6 Å². The fraction of sp³-hybridized carbons (Fsp3) is 0.520. The normalized spacial score (nSPS) is 16.5. The molecule has 1 saturated heterocycles. The van der Waals surface area contributed by atoms with Crippen molar-refractivity contribution >= 4 is 22.6 Å². The second kappa shape index (κ2) is 10.3. The first kappa shape index (κ1) is 23.2. The van der Waals surface area contributed by atoms with Gasteiger partial charge in [0.25, 0.3) is 0 Å². The Morgan fingerprint density at radius 2 is 2.00 bits per heavy atom. The van der Waals surface area contributed by atoms with E-state index in [9.17, 15) is 4.79 Å². The highest BCUT2D eigenvalue weighted by Crippen LogP contribution is 2.31. The highest BCUT2D eigenvalue weighted by molar-refractivity contribution is 5.92. The predicted octanol–water partition coefficient (Wildman–Crippen LogP) is 3.58. The number of carbonyl (C=O) groups is 1. The van der Waals surface area contributed by atoms with Crippen LogP contribution < -0.4 is 10.2 Å². The molecule has 3 heterocycles. The van der Waals surface area contributed by atoms with Crippen molar-refractivity contribution in [3.8, 4) is 5.69 Å². The van der Waals surface area contributed by atoms with Gasteiger partial charge in [0, 0.05) is 26.2 Å². The number of fused-ring (bicyclic) bond motifs is 1. The molecule has 1 aliphatic rings. The smallest absolute Gasteiger partial charge is 0.224 e. The van der Waals surface area contributed by atoms with Crippen molar-refractivity contribution in [2.24, 2.45) is 5.92 Å². The van der Waals surface area contributed by atoms with Crippen molar-refractivity contribution in [3.63, 3.8) is 0 Å². The predicted molar refractivity (Wildman–Crippen MR) is 130 cm³/mol. The lowest BCUT2D eigenvalue weighted by molar-refractivity contribution is -0.125. The molecule has 8 nitrogen and oxygen atoms in total. The van der Waals surface area contributed by atoms with Crippen LogP contribution in [0.4, 0.5) is 5.82 Å². The summed E-state index contributed by atoms with van der Waals surface area (Å²) in [6.45, 7) is 10.8. The van der Waals surface area contributed by atoms with E-state index >= 15 is 0 Å². The Kier molecular flexibility index (Phi) is 7.23. The van der Waals surface area contributed by atoms with E-state index in [1.54, 1.807) is 0 Å². The third-order valence-corrected chi connectivity index (χ3v) is 6.15. The summed E-state index contributed by atoms with van der Waals surface area (Å²) in [5.74, 6) is 0.794. The quantitative estimate of drug-likeness (QED) is 0.528. The molecule has 1 aliphatic heterocycles. The number of carbonyl (C=O) groups excluding carboxylic acids is 1. The number of benzene rings is 1. The molecule has 1 atom stereocenters. The molecule has 33 heavy (non-hydrogen) atoms. The Hall–Kier alpha value is -3.00. The van der Waals surface area contributed by atoms with Crippen LogP contribution in [0.15, 0.2) is 30.3 Å². The van der Waals surface area contributed by atoms with Gasteiger partial charge in [-0.05, 0) is 59.1 Å². The van der Waals surface area contributed by atoms with Crippen LogP contribution >= 0.6 is 0 Å². The number of para-hydroxylation sites is 1. The fourth-order valence-electron chi connectivity index (χ4n) is 4.48. The number of hydrogen-bond donors (Lipinski definition) is 1. The van der Waals surface area contributed by atoms with E-state index in [4.69, 9.17) is 9.84 Å². The van der Waals surface area contributed by atoms with Gasteiger partial charge in [-0.25, -0.2) is 4.68 Å². The van der Waals surface area contributed by atoms with Crippen molar-refractivity contribution in [3.05, 3.63) is 41.7 Å². The summed E-state index contributed by atoms with van der Waals surface area (Å²) in [5.41, 5.74) is 3.76. The van der Waals surface area contributed by atoms with Gasteiger partial charge in [-0.3, -0.25) is 4.79 Å². The second-order valence-electron chi connectivity index (χ2n) is 9.01. The van der Waals surface area contributed by atoms with Gasteiger partial charge in [-0.1, -0.05) is 18.2 Å². The summed E-state index contributed by atoms with van der Waals surface area (Å²) in [5, 5.41) is 18.0. The average molecular weight is 451 g/mol. The molecule has 2 aromatic heterocycles. The molecule has 1 N–H and O–H groups in total. The monoisotopic (exact) mass is 450 g/mol. The van der Waals surface area contributed by atoms with Crippen LogP contribution in [-0.4, -0.2) is 58.2 Å². The topological polar surface area (TPSA) is 85.2 Å². The third-order valence-electron chi connectivity index (χ3n) is 6.15. The summed E-state index contributed by atoms with van der Waals surface area (Å²) >= 11 is 0. The van der Waals surface area contributed by atoms with Gasteiger partial charge in [0.1, 0.15) is 5.52 Å². The minimum absolute atomic E-state index is 0.0692. The summed E-state index contributed by atoms with van der Waals surface area (Å²) in [4.78, 5) is 15.0. The highest BCUT2D eigenvalue weighted by Gasteiger charge is 2.29. The maximum Gasteiger partial charge on any atom is 0.224 e. The molecule has 1 amide bonds. The van der Waals surface area contributed by atoms with Gasteiger partial charge in [0.15, 0.2) is 5.82 Å². The molecule has 1 unspecified atom stereocenters. The first-order valence-electron chi connectivity index (χ1n) is 11.9. The summed E-state index contributed by atoms with van der Waals surface area (Å²) in [6, 6.07) is 10.1. The van der Waals surface area contributed by atoms with Gasteiger partial charge in [0.2, 0.25) is 5.91 Å². The summed E-state index contributed by atoms with van der Waals surface area (Å²) in [6.07, 6.45) is 2.85. The lowest BCUT2D eigenvalue weighted by Gasteiger charge is -2.32. The van der Waals surface area contributed by atoms with Crippen molar-refractivity contribution < 1.29 is 9.53 Å². The molecule has 176 valence electrons. The summed E-state index contributed by atoms with van der Waals surface area (Å²) in [7, 11) is 0. The molecule has 1 aromatic carbocycles. The largest absolute Gasteiger partial charge is 0.379 e. The molecule has 0 aliphatic carbocycles. The van der Waals surface area contributed by atoms with E-state index in [-0.39, 0.29) is 17.9 Å². The molecule has 3 aromatic rings. The van der Waals surface area contributed by atoms with Gasteiger partial charge in [0.05, 0.1) is 34.5 Å². The maximum absolute atomic E-state index is 12.8. The van der Waals surface area contributed by atoms with Crippen LogP contribution in [-0.2, 0) is 9.53 Å². The molecular weight excluding hydrogens is 416 g/mol. The Morgan fingerprint density at radius 1 is 1.21 bits per heavy atom. The van der Waals surface area contributed by atoms with E-state index in [2.05, 4.69) is 27.3 Å². The van der Waals surface area contributed by atoms with E-state index in [0.29, 0.717) is 19.7 Å². The fourth-order valence-corrected chi connectivity index (χ4v) is 4.48. The maximum atomic E-state index is 12.8. The van der Waals surface area contributed by atoms with Crippen LogP contribution in [0.1, 0.15) is 44.5 Å². The zero-order chi connectivity index (χ0) is 23.4. The Bertz CT molecular complexity index is 1100. The van der Waals surface area contributed by atoms with E-state index in [1.807, 2.05) is 55.8 Å². The van der Waals surface area contributed by atoms with Crippen molar-refractivity contribution in [1.82, 2.24) is 25.3 Å². The molecule has 1 fully saturated rings. The lowest BCUT2D eigenvalue weighted by Crippen LogP contribution is -2.43. The average Bonchev–Trinajstić information content (AvgIpc) is 3.17. The van der Waals surface area contributed by atoms with Crippen molar-refractivity contribution in [1.29, 1.82) is 0 Å². The van der Waals surface area contributed by atoms with E-state index < -0.39 is 0 Å². The molecule has 8 heteroatoms. The van der Waals surface area contributed by atoms with Gasteiger partial charge in [-0.2, -0.15) is 10.2 Å². The molecule has 0 radical (unpaired) electrons. The minimum Gasteiger partial charge on any atom is -0.379 e. The molecular formula is C25H34N6O2. The number of anilines is 1. The number of aryl methyl sites for hydroxylation is 2. The molecule has 4 rings (SSSR count). The van der Waals surface area contributed by atoms with Gasteiger partial charge in [-0.15, -0.1) is 5.10 Å². The number of aromatic nitrogens is 4. The molecule has 0 saturated carbocycles. The van der Waals surface area contributed by atoms with Crippen LogP contribution in [0.5, 0.6) is 0 Å². The van der Waals surface area contributed by atoms with Crippen LogP contribution in [0.2, 0.25) is 0 Å². The van der Waals surface area contributed by atoms with Crippen LogP contribution in [0, 0.1) is 19.8 Å². The minimum atomic E-state index is -0.0692. The van der Waals surface area contributed by atoms with Crippen molar-refractivity contribution in [2.75, 3.05) is 31.1 Å². The van der Waals surface area contributed by atoms with Gasteiger partial charge < -0.3 is 15.0 Å².